The minimum absolute atomic E-state index is 0.414. The van der Waals surface area contributed by atoms with Crippen LogP contribution in [-0.2, 0) is 13.5 Å². The van der Waals surface area contributed by atoms with Crippen LogP contribution in [0.3, 0.4) is 0 Å². The molecule has 0 aliphatic rings. The quantitative estimate of drug-likeness (QED) is 0.790. The summed E-state index contributed by atoms with van der Waals surface area (Å²) in [6.45, 7) is 4.19. The molecule has 0 saturated carbocycles. The Hall–Kier alpha value is -1.20. The predicted octanol–water partition coefficient (Wildman–Crippen LogP) is 2.90. The number of hydrogen-bond acceptors (Lipinski definition) is 3. The minimum Gasteiger partial charge on any atom is -0.316 e. The fourth-order valence-electron chi connectivity index (χ4n) is 2.22. The van der Waals surface area contributed by atoms with Crippen LogP contribution in [0.1, 0.15) is 30.7 Å². The van der Waals surface area contributed by atoms with E-state index in [2.05, 4.69) is 62.5 Å². The highest BCUT2D eigenvalue weighted by atomic mass is 79.9. The molecular weight excluding hydrogens is 316 g/mol. The van der Waals surface area contributed by atoms with Crippen molar-refractivity contribution in [3.63, 3.8) is 0 Å². The number of aromatic nitrogens is 3. The summed E-state index contributed by atoms with van der Waals surface area (Å²) in [5.74, 6) is 1.44. The zero-order valence-corrected chi connectivity index (χ0v) is 13.6. The van der Waals surface area contributed by atoms with Crippen molar-refractivity contribution in [3.8, 4) is 0 Å². The molecule has 108 valence electrons. The molecule has 1 heterocycles. The molecule has 20 heavy (non-hydrogen) atoms. The average Bonchev–Trinajstić information content (AvgIpc) is 2.84. The first kappa shape index (κ1) is 15.2. The Balaban J connectivity index is 2.11. The van der Waals surface area contributed by atoms with E-state index >= 15 is 0 Å². The average molecular weight is 337 g/mol. The van der Waals surface area contributed by atoms with Gasteiger partial charge in [0.25, 0.3) is 0 Å². The van der Waals surface area contributed by atoms with Crippen LogP contribution in [0.4, 0.5) is 0 Å². The van der Waals surface area contributed by atoms with E-state index in [0.29, 0.717) is 5.92 Å². The van der Waals surface area contributed by atoms with Crippen LogP contribution in [0.25, 0.3) is 0 Å². The van der Waals surface area contributed by atoms with Gasteiger partial charge in [-0.2, -0.15) is 5.10 Å². The number of aryl methyl sites for hydroxylation is 1. The fraction of sp³-hybridized carbons (Fsp3) is 0.467. The van der Waals surface area contributed by atoms with Gasteiger partial charge in [0.15, 0.2) is 0 Å². The molecule has 4 nitrogen and oxygen atoms in total. The maximum absolute atomic E-state index is 4.34. The number of rotatable bonds is 7. The molecule has 2 aromatic rings. The van der Waals surface area contributed by atoms with Crippen molar-refractivity contribution in [1.82, 2.24) is 20.1 Å². The molecule has 2 rings (SSSR count). The Kier molecular flexibility index (Phi) is 5.73. The van der Waals surface area contributed by atoms with Crippen molar-refractivity contribution in [3.05, 3.63) is 46.5 Å². The molecule has 0 aliphatic carbocycles. The minimum atomic E-state index is 0.414. The number of benzene rings is 1. The van der Waals surface area contributed by atoms with Gasteiger partial charge >= 0.3 is 0 Å². The summed E-state index contributed by atoms with van der Waals surface area (Å²) in [5, 5.41) is 7.66. The van der Waals surface area contributed by atoms with E-state index in [1.807, 2.05) is 11.7 Å². The number of nitrogens with one attached hydrogen (secondary N) is 1. The second kappa shape index (κ2) is 7.55. The molecule has 0 saturated heterocycles. The monoisotopic (exact) mass is 336 g/mol. The number of hydrogen-bond donors (Lipinski definition) is 1. The van der Waals surface area contributed by atoms with E-state index in [9.17, 15) is 0 Å². The predicted molar refractivity (Wildman–Crippen MR) is 84.8 cm³/mol. The second-order valence-corrected chi connectivity index (χ2v) is 5.87. The highest BCUT2D eigenvalue weighted by molar-refractivity contribution is 9.10. The van der Waals surface area contributed by atoms with E-state index in [-0.39, 0.29) is 0 Å². The molecule has 0 radical (unpaired) electrons. The molecule has 1 aromatic heterocycles. The highest BCUT2D eigenvalue weighted by Crippen LogP contribution is 2.21. The smallest absolute Gasteiger partial charge is 0.138 e. The van der Waals surface area contributed by atoms with Crippen LogP contribution in [0, 0.1) is 0 Å². The fourth-order valence-corrected chi connectivity index (χ4v) is 2.49. The van der Waals surface area contributed by atoms with Crippen molar-refractivity contribution in [2.24, 2.45) is 7.05 Å². The van der Waals surface area contributed by atoms with Crippen molar-refractivity contribution < 1.29 is 0 Å². The summed E-state index contributed by atoms with van der Waals surface area (Å²) < 4.78 is 2.96. The summed E-state index contributed by atoms with van der Waals surface area (Å²) in [4.78, 5) is 4.34. The molecule has 1 unspecified atom stereocenters. The Morgan fingerprint density at radius 3 is 2.65 bits per heavy atom. The molecule has 0 bridgehead atoms. The highest BCUT2D eigenvalue weighted by Gasteiger charge is 2.15. The van der Waals surface area contributed by atoms with Gasteiger partial charge in [0, 0.05) is 30.4 Å². The van der Waals surface area contributed by atoms with Gasteiger partial charge in [0.1, 0.15) is 12.2 Å². The van der Waals surface area contributed by atoms with Gasteiger partial charge in [-0.3, -0.25) is 4.68 Å². The van der Waals surface area contributed by atoms with Crippen LogP contribution in [0.15, 0.2) is 35.1 Å². The third kappa shape index (κ3) is 4.15. The topological polar surface area (TPSA) is 42.7 Å². The molecule has 1 atom stereocenters. The van der Waals surface area contributed by atoms with Gasteiger partial charge in [-0.05, 0) is 30.7 Å². The zero-order chi connectivity index (χ0) is 14.4. The van der Waals surface area contributed by atoms with E-state index in [1.165, 1.54) is 5.56 Å². The summed E-state index contributed by atoms with van der Waals surface area (Å²) in [7, 11) is 1.94. The van der Waals surface area contributed by atoms with E-state index in [1.54, 1.807) is 6.33 Å². The third-order valence-electron chi connectivity index (χ3n) is 3.39. The molecule has 5 heteroatoms. The Morgan fingerprint density at radius 1 is 1.30 bits per heavy atom. The van der Waals surface area contributed by atoms with Crippen LogP contribution in [0.5, 0.6) is 0 Å². The van der Waals surface area contributed by atoms with Gasteiger partial charge in [0.05, 0.1) is 0 Å². The van der Waals surface area contributed by atoms with Gasteiger partial charge in [-0.25, -0.2) is 4.98 Å². The molecule has 0 spiro atoms. The van der Waals surface area contributed by atoms with Crippen LogP contribution >= 0.6 is 15.9 Å². The largest absolute Gasteiger partial charge is 0.316 e. The van der Waals surface area contributed by atoms with Crippen molar-refractivity contribution in [1.29, 1.82) is 0 Å². The lowest BCUT2D eigenvalue weighted by atomic mass is 9.95. The second-order valence-electron chi connectivity index (χ2n) is 4.96. The van der Waals surface area contributed by atoms with Crippen LogP contribution in [-0.4, -0.2) is 27.9 Å². The molecular formula is C15H21BrN4. The molecule has 0 amide bonds. The number of halogens is 1. The summed E-state index contributed by atoms with van der Waals surface area (Å²) in [6.07, 6.45) is 3.67. The summed E-state index contributed by atoms with van der Waals surface area (Å²) in [6, 6.07) is 8.55. The Labute approximate surface area is 128 Å². The summed E-state index contributed by atoms with van der Waals surface area (Å²) in [5.41, 5.74) is 1.33. The van der Waals surface area contributed by atoms with Crippen molar-refractivity contribution in [2.45, 2.75) is 25.7 Å². The van der Waals surface area contributed by atoms with Gasteiger partial charge in [0.2, 0.25) is 0 Å². The Morgan fingerprint density at radius 2 is 2.05 bits per heavy atom. The lowest BCUT2D eigenvalue weighted by Crippen LogP contribution is -2.24. The molecule has 1 N–H and O–H groups in total. The lowest BCUT2D eigenvalue weighted by Gasteiger charge is -2.18. The first-order chi connectivity index (χ1) is 9.70. The number of nitrogens with zero attached hydrogens (tertiary/aromatic N) is 3. The van der Waals surface area contributed by atoms with Gasteiger partial charge in [-0.1, -0.05) is 35.0 Å². The lowest BCUT2D eigenvalue weighted by molar-refractivity contribution is 0.551. The van der Waals surface area contributed by atoms with Crippen LogP contribution in [0.2, 0.25) is 0 Å². The Bertz CT molecular complexity index is 521. The summed E-state index contributed by atoms with van der Waals surface area (Å²) >= 11 is 3.49. The van der Waals surface area contributed by atoms with E-state index in [4.69, 9.17) is 0 Å². The van der Waals surface area contributed by atoms with Gasteiger partial charge < -0.3 is 5.32 Å². The van der Waals surface area contributed by atoms with E-state index < -0.39 is 0 Å². The first-order valence-corrected chi connectivity index (χ1v) is 7.79. The van der Waals surface area contributed by atoms with Crippen molar-refractivity contribution in [2.75, 3.05) is 13.1 Å². The van der Waals surface area contributed by atoms with E-state index in [0.717, 1.165) is 36.2 Å². The molecule has 0 fully saturated rings. The maximum Gasteiger partial charge on any atom is 0.138 e. The van der Waals surface area contributed by atoms with Gasteiger partial charge in [-0.15, -0.1) is 0 Å². The third-order valence-corrected chi connectivity index (χ3v) is 3.92. The van der Waals surface area contributed by atoms with Crippen LogP contribution < -0.4 is 5.32 Å². The van der Waals surface area contributed by atoms with Crippen molar-refractivity contribution >= 4 is 15.9 Å². The first-order valence-electron chi connectivity index (χ1n) is 6.99. The SMILES string of the molecule is CCCNCC(Cc1ncnn1C)c1ccc(Br)cc1. The zero-order valence-electron chi connectivity index (χ0n) is 12.0. The standard InChI is InChI=1S/C15H21BrN4/c1-3-8-17-10-13(9-15-18-11-19-20(15)2)12-4-6-14(16)7-5-12/h4-7,11,13,17H,3,8-10H2,1-2H3. The molecule has 0 aliphatic heterocycles. The maximum atomic E-state index is 4.34. The normalized spacial score (nSPS) is 12.6. The molecule has 1 aromatic carbocycles.